The van der Waals surface area contributed by atoms with E-state index in [-0.39, 0.29) is 18.8 Å². The van der Waals surface area contributed by atoms with E-state index in [0.717, 1.165) is 11.3 Å². The first-order valence-electron chi connectivity index (χ1n) is 6.44. The Bertz CT molecular complexity index is 390. The summed E-state index contributed by atoms with van der Waals surface area (Å²) in [5.41, 5.74) is 6.74. The van der Waals surface area contributed by atoms with Crippen molar-refractivity contribution < 1.29 is 22.6 Å². The Morgan fingerprint density at radius 2 is 1.75 bits per heavy atom. The van der Waals surface area contributed by atoms with Gasteiger partial charge in [0.05, 0.1) is 6.10 Å². The van der Waals surface area contributed by atoms with E-state index in [2.05, 4.69) is 4.74 Å². The van der Waals surface area contributed by atoms with Crippen LogP contribution >= 0.6 is 0 Å². The fourth-order valence-electron chi connectivity index (χ4n) is 1.63. The molecule has 0 fully saturated rings. The highest BCUT2D eigenvalue weighted by Gasteiger charge is 2.27. The van der Waals surface area contributed by atoms with Crippen molar-refractivity contribution >= 4 is 0 Å². The molecule has 0 aliphatic carbocycles. The Morgan fingerprint density at radius 3 is 2.25 bits per heavy atom. The van der Waals surface area contributed by atoms with Crippen LogP contribution in [-0.4, -0.2) is 25.5 Å². The zero-order valence-corrected chi connectivity index (χ0v) is 11.6. The van der Waals surface area contributed by atoms with Crippen molar-refractivity contribution in [2.45, 2.75) is 38.6 Å². The number of nitrogens with two attached hydrogens (primary N) is 1. The topological polar surface area (TPSA) is 44.5 Å². The maximum Gasteiger partial charge on any atom is 0.411 e. The average Bonchev–Trinajstić information content (AvgIpc) is 2.33. The van der Waals surface area contributed by atoms with Crippen LogP contribution < -0.4 is 10.5 Å². The van der Waals surface area contributed by atoms with E-state index in [4.69, 9.17) is 10.5 Å². The zero-order valence-electron chi connectivity index (χ0n) is 11.6. The standard InChI is InChI=1S/C14H20F3NO2/c1-10(2)20-12-5-3-11(4-6-12)13(18)7-8-19-9-14(15,16)17/h3-6,10,13H,7-9,18H2,1-2H3. The maximum atomic E-state index is 11.9. The summed E-state index contributed by atoms with van der Waals surface area (Å²) in [4.78, 5) is 0. The van der Waals surface area contributed by atoms with Gasteiger partial charge in [0.25, 0.3) is 0 Å². The Hall–Kier alpha value is -1.27. The second kappa shape index (κ2) is 7.50. The van der Waals surface area contributed by atoms with Crippen LogP contribution in [0.3, 0.4) is 0 Å². The van der Waals surface area contributed by atoms with E-state index >= 15 is 0 Å². The lowest BCUT2D eigenvalue weighted by molar-refractivity contribution is -0.174. The van der Waals surface area contributed by atoms with Crippen LogP contribution in [0, 0.1) is 0 Å². The smallest absolute Gasteiger partial charge is 0.411 e. The molecule has 1 unspecified atom stereocenters. The third-order valence-corrected chi connectivity index (χ3v) is 2.52. The molecule has 1 rings (SSSR count). The van der Waals surface area contributed by atoms with Gasteiger partial charge in [-0.1, -0.05) is 12.1 Å². The molecule has 0 spiro atoms. The zero-order chi connectivity index (χ0) is 15.2. The van der Waals surface area contributed by atoms with Gasteiger partial charge < -0.3 is 15.2 Å². The molecule has 0 radical (unpaired) electrons. The van der Waals surface area contributed by atoms with Crippen LogP contribution in [0.15, 0.2) is 24.3 Å². The van der Waals surface area contributed by atoms with Crippen LogP contribution in [0.4, 0.5) is 13.2 Å². The molecule has 0 aliphatic heterocycles. The molecular formula is C14H20F3NO2. The van der Waals surface area contributed by atoms with Crippen LogP contribution in [-0.2, 0) is 4.74 Å². The second-order valence-electron chi connectivity index (χ2n) is 4.80. The summed E-state index contributed by atoms with van der Waals surface area (Å²) in [6, 6.07) is 6.87. The Kier molecular flexibility index (Phi) is 6.29. The van der Waals surface area contributed by atoms with Crippen molar-refractivity contribution in [3.63, 3.8) is 0 Å². The predicted molar refractivity (Wildman–Crippen MR) is 70.6 cm³/mol. The number of hydrogen-bond acceptors (Lipinski definition) is 3. The van der Waals surface area contributed by atoms with Gasteiger partial charge in [0.1, 0.15) is 12.4 Å². The monoisotopic (exact) mass is 291 g/mol. The minimum absolute atomic E-state index is 0.0229. The summed E-state index contributed by atoms with van der Waals surface area (Å²) in [5, 5.41) is 0. The number of hydrogen-bond donors (Lipinski definition) is 1. The van der Waals surface area contributed by atoms with Crippen molar-refractivity contribution in [3.8, 4) is 5.75 Å². The van der Waals surface area contributed by atoms with E-state index in [1.807, 2.05) is 26.0 Å². The first-order chi connectivity index (χ1) is 9.28. The van der Waals surface area contributed by atoms with Gasteiger partial charge in [-0.05, 0) is 38.0 Å². The summed E-state index contributed by atoms with van der Waals surface area (Å²) in [6.45, 7) is 2.60. The maximum absolute atomic E-state index is 11.9. The van der Waals surface area contributed by atoms with Crippen molar-refractivity contribution in [2.75, 3.05) is 13.2 Å². The van der Waals surface area contributed by atoms with Crippen molar-refractivity contribution in [2.24, 2.45) is 5.73 Å². The molecular weight excluding hydrogens is 271 g/mol. The highest BCUT2D eigenvalue weighted by atomic mass is 19.4. The van der Waals surface area contributed by atoms with Gasteiger partial charge in [0, 0.05) is 12.6 Å². The van der Waals surface area contributed by atoms with Gasteiger partial charge in [-0.15, -0.1) is 0 Å². The molecule has 0 saturated heterocycles. The third-order valence-electron chi connectivity index (χ3n) is 2.52. The SMILES string of the molecule is CC(C)Oc1ccc(C(N)CCOCC(F)(F)F)cc1. The van der Waals surface area contributed by atoms with Crippen molar-refractivity contribution in [3.05, 3.63) is 29.8 Å². The normalized spacial score (nSPS) is 13.6. The molecule has 3 nitrogen and oxygen atoms in total. The van der Waals surface area contributed by atoms with Gasteiger partial charge in [-0.2, -0.15) is 13.2 Å². The lowest BCUT2D eigenvalue weighted by atomic mass is 10.1. The molecule has 1 atom stereocenters. The van der Waals surface area contributed by atoms with E-state index in [0.29, 0.717) is 6.42 Å². The molecule has 0 aromatic heterocycles. The molecule has 0 bridgehead atoms. The second-order valence-corrected chi connectivity index (χ2v) is 4.80. The highest BCUT2D eigenvalue weighted by Crippen LogP contribution is 2.20. The van der Waals surface area contributed by atoms with Gasteiger partial charge in [-0.25, -0.2) is 0 Å². The fourth-order valence-corrected chi connectivity index (χ4v) is 1.63. The first-order valence-corrected chi connectivity index (χ1v) is 6.44. The van der Waals surface area contributed by atoms with E-state index < -0.39 is 12.8 Å². The lowest BCUT2D eigenvalue weighted by Crippen LogP contribution is -2.19. The highest BCUT2D eigenvalue weighted by molar-refractivity contribution is 5.29. The van der Waals surface area contributed by atoms with Crippen LogP contribution in [0.25, 0.3) is 0 Å². The van der Waals surface area contributed by atoms with Crippen LogP contribution in [0.1, 0.15) is 31.9 Å². The van der Waals surface area contributed by atoms with Crippen LogP contribution in [0.5, 0.6) is 5.75 Å². The van der Waals surface area contributed by atoms with Crippen molar-refractivity contribution in [1.82, 2.24) is 0 Å². The predicted octanol–water partition coefficient (Wildman–Crippen LogP) is 3.44. The summed E-state index contributed by atoms with van der Waals surface area (Å²) in [5.74, 6) is 0.740. The Labute approximate surface area is 116 Å². The quantitative estimate of drug-likeness (QED) is 0.783. The minimum Gasteiger partial charge on any atom is -0.491 e. The third kappa shape index (κ3) is 6.77. The molecule has 20 heavy (non-hydrogen) atoms. The first kappa shape index (κ1) is 16.8. The Morgan fingerprint density at radius 1 is 1.15 bits per heavy atom. The van der Waals surface area contributed by atoms with Gasteiger partial charge in [0.15, 0.2) is 0 Å². The molecule has 1 aromatic rings. The fraction of sp³-hybridized carbons (Fsp3) is 0.571. The van der Waals surface area contributed by atoms with Gasteiger partial charge in [-0.3, -0.25) is 0 Å². The minimum atomic E-state index is -4.29. The lowest BCUT2D eigenvalue weighted by Gasteiger charge is -2.14. The number of alkyl halides is 3. The van der Waals surface area contributed by atoms with E-state index in [1.54, 1.807) is 12.1 Å². The summed E-state index contributed by atoms with van der Waals surface area (Å²) >= 11 is 0. The van der Waals surface area contributed by atoms with E-state index in [9.17, 15) is 13.2 Å². The number of benzene rings is 1. The molecule has 1 aromatic carbocycles. The summed E-state index contributed by atoms with van der Waals surface area (Å²) in [6.07, 6.45) is -3.87. The van der Waals surface area contributed by atoms with Crippen molar-refractivity contribution in [1.29, 1.82) is 0 Å². The molecule has 2 N–H and O–H groups in total. The summed E-state index contributed by atoms with van der Waals surface area (Å²) in [7, 11) is 0. The number of halogens is 3. The Balaban J connectivity index is 2.38. The largest absolute Gasteiger partial charge is 0.491 e. The molecule has 114 valence electrons. The molecule has 0 saturated carbocycles. The summed E-state index contributed by atoms with van der Waals surface area (Å²) < 4.78 is 45.7. The molecule has 0 amide bonds. The molecule has 0 aliphatic rings. The van der Waals surface area contributed by atoms with Crippen LogP contribution in [0.2, 0.25) is 0 Å². The molecule has 6 heteroatoms. The van der Waals surface area contributed by atoms with E-state index in [1.165, 1.54) is 0 Å². The average molecular weight is 291 g/mol. The number of ether oxygens (including phenoxy) is 2. The van der Waals surface area contributed by atoms with Gasteiger partial charge in [0.2, 0.25) is 0 Å². The number of rotatable bonds is 7. The molecule has 0 heterocycles. The van der Waals surface area contributed by atoms with Gasteiger partial charge >= 0.3 is 6.18 Å².